The second-order valence-electron chi connectivity index (χ2n) is 4.15. The van der Waals surface area contributed by atoms with Gasteiger partial charge in [0.05, 0.1) is 10.6 Å². The molecule has 2 aromatic rings. The van der Waals surface area contributed by atoms with Crippen LogP contribution in [0.2, 0.25) is 5.02 Å². The van der Waals surface area contributed by atoms with Crippen LogP contribution in [-0.2, 0) is 0 Å². The molecule has 7 heteroatoms. The minimum Gasteiger partial charge on any atom is -0.367 e. The van der Waals surface area contributed by atoms with Gasteiger partial charge in [-0.2, -0.15) is 0 Å². The number of carbonyl (C=O) groups excluding carboxylic acids is 2. The number of carbonyl (C=O) groups is 2. The Morgan fingerprint density at radius 1 is 1.14 bits per heavy atom. The number of hydrogen-bond acceptors (Lipinski definition) is 3. The molecular weight excluding hydrogens is 294 g/mol. The van der Waals surface area contributed by atoms with Crippen molar-refractivity contribution in [3.05, 3.63) is 63.0 Å². The second-order valence-corrected chi connectivity index (χ2v) is 4.56. The molecule has 0 saturated carbocycles. The average Bonchev–Trinajstić information content (AvgIpc) is 2.48. The molecule has 0 fully saturated rings. The maximum atomic E-state index is 12.0. The van der Waals surface area contributed by atoms with Gasteiger partial charge in [-0.15, -0.1) is 0 Å². The summed E-state index contributed by atoms with van der Waals surface area (Å²) in [5.74, 6) is -0.935. The molecule has 1 aromatic carbocycles. The Morgan fingerprint density at radius 3 is 2.57 bits per heavy atom. The Kier molecular flexibility index (Phi) is 4.39. The summed E-state index contributed by atoms with van der Waals surface area (Å²) >= 11 is 5.92. The lowest BCUT2D eigenvalue weighted by Crippen LogP contribution is -2.22. The van der Waals surface area contributed by atoms with Gasteiger partial charge in [0.1, 0.15) is 5.56 Å². The van der Waals surface area contributed by atoms with E-state index in [1.165, 1.54) is 37.6 Å². The van der Waals surface area contributed by atoms with Crippen LogP contribution in [-0.4, -0.2) is 23.8 Å². The van der Waals surface area contributed by atoms with Crippen LogP contribution >= 0.6 is 11.6 Å². The summed E-state index contributed by atoms with van der Waals surface area (Å²) in [5, 5.41) is 5.27. The third-order valence-corrected chi connectivity index (χ3v) is 3.09. The third kappa shape index (κ3) is 3.29. The zero-order chi connectivity index (χ0) is 15.4. The minimum absolute atomic E-state index is 0.0195. The first-order valence-electron chi connectivity index (χ1n) is 6.03. The van der Waals surface area contributed by atoms with E-state index in [0.29, 0.717) is 5.69 Å². The van der Waals surface area contributed by atoms with Gasteiger partial charge in [0.15, 0.2) is 5.43 Å². The number of nitrogens with one attached hydrogen (secondary N) is 3. The first-order valence-corrected chi connectivity index (χ1v) is 6.41. The number of hydrogen-bond donors (Lipinski definition) is 3. The van der Waals surface area contributed by atoms with Crippen molar-refractivity contribution in [2.75, 3.05) is 12.4 Å². The number of pyridine rings is 1. The van der Waals surface area contributed by atoms with Crippen LogP contribution in [0.3, 0.4) is 0 Å². The van der Waals surface area contributed by atoms with E-state index in [-0.39, 0.29) is 22.1 Å². The molecular formula is C14H12ClN3O3. The number of halogens is 1. The van der Waals surface area contributed by atoms with E-state index in [0.717, 1.165) is 0 Å². The molecule has 108 valence electrons. The van der Waals surface area contributed by atoms with Gasteiger partial charge < -0.3 is 15.6 Å². The molecule has 0 atom stereocenters. The lowest BCUT2D eigenvalue weighted by molar-refractivity contribution is 0.0961. The molecule has 0 radical (unpaired) electrons. The molecule has 0 aliphatic rings. The van der Waals surface area contributed by atoms with Crippen LogP contribution in [0.5, 0.6) is 0 Å². The van der Waals surface area contributed by atoms with Gasteiger partial charge in [0.25, 0.3) is 11.8 Å². The molecule has 1 aromatic heterocycles. The number of H-pyrrole nitrogens is 1. The summed E-state index contributed by atoms with van der Waals surface area (Å²) in [6.45, 7) is 0. The van der Waals surface area contributed by atoms with E-state index < -0.39 is 11.3 Å². The highest BCUT2D eigenvalue weighted by atomic mass is 35.5. The fourth-order valence-corrected chi connectivity index (χ4v) is 1.91. The molecule has 2 rings (SSSR count). The van der Waals surface area contributed by atoms with E-state index in [1.54, 1.807) is 6.07 Å². The van der Waals surface area contributed by atoms with Crippen LogP contribution in [0, 0.1) is 0 Å². The Bertz CT molecular complexity index is 755. The maximum Gasteiger partial charge on any atom is 0.261 e. The van der Waals surface area contributed by atoms with Crippen LogP contribution in [0.15, 0.2) is 41.5 Å². The highest BCUT2D eigenvalue weighted by Gasteiger charge is 2.13. The fraction of sp³-hybridized carbons (Fsp3) is 0.0714. The molecule has 0 aliphatic heterocycles. The van der Waals surface area contributed by atoms with Crippen molar-refractivity contribution in [3.8, 4) is 0 Å². The molecule has 0 bridgehead atoms. The molecule has 0 unspecified atom stereocenters. The Labute approximate surface area is 125 Å². The van der Waals surface area contributed by atoms with Gasteiger partial charge in [0, 0.05) is 31.2 Å². The summed E-state index contributed by atoms with van der Waals surface area (Å²) in [4.78, 5) is 37.9. The van der Waals surface area contributed by atoms with E-state index >= 15 is 0 Å². The monoisotopic (exact) mass is 305 g/mol. The third-order valence-electron chi connectivity index (χ3n) is 2.76. The molecule has 21 heavy (non-hydrogen) atoms. The smallest absolute Gasteiger partial charge is 0.261 e. The predicted octanol–water partition coefficient (Wildman–Crippen LogP) is 1.64. The van der Waals surface area contributed by atoms with Gasteiger partial charge >= 0.3 is 0 Å². The molecule has 3 N–H and O–H groups in total. The molecule has 0 spiro atoms. The molecule has 6 nitrogen and oxygen atoms in total. The highest BCUT2D eigenvalue weighted by Crippen LogP contribution is 2.20. The Balaban J connectivity index is 2.28. The van der Waals surface area contributed by atoms with Crippen molar-refractivity contribution < 1.29 is 9.59 Å². The second kappa shape index (κ2) is 6.23. The first-order chi connectivity index (χ1) is 10.0. The van der Waals surface area contributed by atoms with Gasteiger partial charge in [-0.3, -0.25) is 14.4 Å². The lowest BCUT2D eigenvalue weighted by atomic mass is 10.1. The fourth-order valence-electron chi connectivity index (χ4n) is 1.70. The Morgan fingerprint density at radius 2 is 1.90 bits per heavy atom. The SMILES string of the molecule is CNC(=O)c1cc(NC(=O)c2c[nH]ccc2=O)ccc1Cl. The average molecular weight is 306 g/mol. The molecule has 2 amide bonds. The van der Waals surface area contributed by atoms with Crippen molar-refractivity contribution in [2.24, 2.45) is 0 Å². The summed E-state index contributed by atoms with van der Waals surface area (Å²) in [6.07, 6.45) is 2.75. The maximum absolute atomic E-state index is 12.0. The van der Waals surface area contributed by atoms with Crippen molar-refractivity contribution >= 4 is 29.1 Å². The minimum atomic E-state index is -0.568. The van der Waals surface area contributed by atoms with Crippen LogP contribution in [0.1, 0.15) is 20.7 Å². The summed E-state index contributed by atoms with van der Waals surface area (Å²) in [5.41, 5.74) is 0.186. The first kappa shape index (κ1) is 14.8. The highest BCUT2D eigenvalue weighted by molar-refractivity contribution is 6.34. The quantitative estimate of drug-likeness (QED) is 0.805. The van der Waals surface area contributed by atoms with Gasteiger partial charge in [0.2, 0.25) is 0 Å². The van der Waals surface area contributed by atoms with E-state index in [4.69, 9.17) is 11.6 Å². The van der Waals surface area contributed by atoms with Crippen molar-refractivity contribution in [3.63, 3.8) is 0 Å². The van der Waals surface area contributed by atoms with Crippen molar-refractivity contribution in [1.82, 2.24) is 10.3 Å². The predicted molar refractivity (Wildman–Crippen MR) is 79.9 cm³/mol. The summed E-state index contributed by atoms with van der Waals surface area (Å²) in [7, 11) is 1.48. The largest absolute Gasteiger partial charge is 0.367 e. The van der Waals surface area contributed by atoms with Gasteiger partial charge in [-0.1, -0.05) is 11.6 Å². The number of aromatic amines is 1. The summed E-state index contributed by atoms with van der Waals surface area (Å²) in [6, 6.07) is 5.74. The summed E-state index contributed by atoms with van der Waals surface area (Å²) < 4.78 is 0. The number of benzene rings is 1. The molecule has 0 saturated heterocycles. The molecule has 0 aliphatic carbocycles. The van der Waals surface area contributed by atoms with E-state index in [2.05, 4.69) is 15.6 Å². The van der Waals surface area contributed by atoms with E-state index in [9.17, 15) is 14.4 Å². The van der Waals surface area contributed by atoms with Crippen molar-refractivity contribution in [1.29, 1.82) is 0 Å². The van der Waals surface area contributed by atoms with Crippen LogP contribution in [0.4, 0.5) is 5.69 Å². The standard InChI is InChI=1S/C14H12ClN3O3/c1-16-13(20)9-6-8(2-3-11(9)15)18-14(21)10-7-17-5-4-12(10)19/h2-7H,1H3,(H,16,20)(H,17,19)(H,18,21). The van der Waals surface area contributed by atoms with E-state index in [1.807, 2.05) is 0 Å². The normalized spacial score (nSPS) is 10.0. The number of anilines is 1. The molecule has 1 heterocycles. The number of rotatable bonds is 3. The van der Waals surface area contributed by atoms with Crippen molar-refractivity contribution in [2.45, 2.75) is 0 Å². The Hall–Kier alpha value is -2.60. The van der Waals surface area contributed by atoms with Crippen LogP contribution < -0.4 is 16.1 Å². The number of amides is 2. The topological polar surface area (TPSA) is 91.1 Å². The number of aromatic nitrogens is 1. The van der Waals surface area contributed by atoms with Gasteiger partial charge in [-0.25, -0.2) is 0 Å². The lowest BCUT2D eigenvalue weighted by Gasteiger charge is -2.08. The zero-order valence-corrected chi connectivity index (χ0v) is 11.8. The van der Waals surface area contributed by atoms with Crippen LogP contribution in [0.25, 0.3) is 0 Å². The van der Waals surface area contributed by atoms with Gasteiger partial charge in [-0.05, 0) is 18.2 Å². The zero-order valence-electron chi connectivity index (χ0n) is 11.1.